The quantitative estimate of drug-likeness (QED) is 0.732. The molecule has 2 atom stereocenters. The molecular weight excluding hydrogens is 445 g/mol. The maximum Gasteiger partial charge on any atom is 0.490 e. The summed E-state index contributed by atoms with van der Waals surface area (Å²) in [5.41, 5.74) is 0.963. The van der Waals surface area contributed by atoms with Gasteiger partial charge in [-0.15, -0.1) is 16.4 Å². The van der Waals surface area contributed by atoms with Crippen molar-refractivity contribution in [3.05, 3.63) is 39.7 Å². The number of aliphatic carboxylic acids is 1. The minimum Gasteiger partial charge on any atom is -0.475 e. The number of aromatic nitrogens is 2. The maximum atomic E-state index is 10.6. The molecule has 176 valence electrons. The van der Waals surface area contributed by atoms with E-state index in [-0.39, 0.29) is 0 Å². The number of carboxylic acid groups (broad SMARTS) is 1. The summed E-state index contributed by atoms with van der Waals surface area (Å²) in [5.74, 6) is -1.20. The summed E-state index contributed by atoms with van der Waals surface area (Å²) in [5, 5.41) is 15.7. The minimum atomic E-state index is -5.08. The Morgan fingerprint density at radius 1 is 1.19 bits per heavy atom. The van der Waals surface area contributed by atoms with Crippen LogP contribution >= 0.6 is 11.3 Å². The fourth-order valence-corrected chi connectivity index (χ4v) is 4.75. The fourth-order valence-electron chi connectivity index (χ4n) is 3.82. The van der Waals surface area contributed by atoms with Crippen molar-refractivity contribution in [2.24, 2.45) is 5.92 Å². The van der Waals surface area contributed by atoms with Gasteiger partial charge in [0.1, 0.15) is 0 Å². The first-order chi connectivity index (χ1) is 15.1. The third kappa shape index (κ3) is 6.88. The summed E-state index contributed by atoms with van der Waals surface area (Å²) in [6, 6.07) is 8.60. The number of thiophene rings is 1. The lowest BCUT2D eigenvalue weighted by molar-refractivity contribution is -0.192. The van der Waals surface area contributed by atoms with Gasteiger partial charge in [-0.3, -0.25) is 4.90 Å². The van der Waals surface area contributed by atoms with Crippen molar-refractivity contribution >= 4 is 23.1 Å². The Kier molecular flexibility index (Phi) is 8.07. The molecule has 11 heteroatoms. The molecule has 2 aromatic rings. The number of fused-ring (bicyclic) bond motifs is 1. The van der Waals surface area contributed by atoms with Crippen LogP contribution in [-0.4, -0.2) is 71.2 Å². The number of piperidine rings is 1. The first-order valence-corrected chi connectivity index (χ1v) is 11.2. The van der Waals surface area contributed by atoms with E-state index in [2.05, 4.69) is 45.1 Å². The minimum absolute atomic E-state index is 0.332. The van der Waals surface area contributed by atoms with Gasteiger partial charge >= 0.3 is 12.1 Å². The van der Waals surface area contributed by atoms with Crippen LogP contribution in [0.5, 0.6) is 0 Å². The van der Waals surface area contributed by atoms with Gasteiger partial charge in [-0.1, -0.05) is 0 Å². The molecule has 0 unspecified atom stereocenters. The van der Waals surface area contributed by atoms with E-state index in [9.17, 15) is 13.2 Å². The predicted octanol–water partition coefficient (Wildman–Crippen LogP) is 3.52. The summed E-state index contributed by atoms with van der Waals surface area (Å²) in [6.07, 6.45) is -3.57. The summed E-state index contributed by atoms with van der Waals surface area (Å²) >= 11 is 1.91. The predicted molar refractivity (Wildman–Crippen MR) is 115 cm³/mol. The molecule has 1 N–H and O–H groups in total. The second kappa shape index (κ2) is 10.6. The highest BCUT2D eigenvalue weighted by atomic mass is 32.1. The topological polar surface area (TPSA) is 78.8 Å². The molecule has 7 nitrogen and oxygen atoms in total. The molecule has 2 saturated heterocycles. The van der Waals surface area contributed by atoms with E-state index in [0.29, 0.717) is 12.0 Å². The molecule has 2 aliphatic rings. The molecule has 0 radical (unpaired) electrons. The van der Waals surface area contributed by atoms with E-state index >= 15 is 0 Å². The number of likely N-dealkylation sites (tertiary alicyclic amines) is 1. The third-order valence-corrected chi connectivity index (χ3v) is 6.44. The molecule has 2 aromatic heterocycles. The number of alkyl halides is 3. The van der Waals surface area contributed by atoms with Crippen LogP contribution in [0.1, 0.15) is 21.9 Å². The lowest BCUT2D eigenvalue weighted by Crippen LogP contribution is -2.46. The average Bonchev–Trinajstić information content (AvgIpc) is 3.01. The van der Waals surface area contributed by atoms with Gasteiger partial charge in [0.15, 0.2) is 5.82 Å². The van der Waals surface area contributed by atoms with Crippen LogP contribution in [0, 0.1) is 19.8 Å². The molecule has 0 spiro atoms. The summed E-state index contributed by atoms with van der Waals surface area (Å²) in [7, 11) is 0. The molecule has 4 heterocycles. The number of hydrogen-bond acceptors (Lipinski definition) is 7. The van der Waals surface area contributed by atoms with Crippen molar-refractivity contribution in [1.29, 1.82) is 0 Å². The SMILES string of the molecule is Cc1ccc(N2CCO[C@@H]3CN(Cc4ccc(C)s4)CC[C@@H]3C2)nn1.O=C(O)C(F)(F)F. The van der Waals surface area contributed by atoms with Crippen molar-refractivity contribution in [2.45, 2.75) is 39.1 Å². The van der Waals surface area contributed by atoms with E-state index in [1.165, 1.54) is 16.2 Å². The van der Waals surface area contributed by atoms with Crippen LogP contribution < -0.4 is 4.90 Å². The average molecular weight is 473 g/mol. The number of carbonyl (C=O) groups is 1. The number of carboxylic acids is 1. The van der Waals surface area contributed by atoms with Gasteiger partial charge in [0.25, 0.3) is 0 Å². The Labute approximate surface area is 188 Å². The number of nitrogens with zero attached hydrogens (tertiary/aromatic N) is 4. The fraction of sp³-hybridized carbons (Fsp3) is 0.571. The van der Waals surface area contributed by atoms with Gasteiger partial charge in [0.2, 0.25) is 0 Å². The van der Waals surface area contributed by atoms with Gasteiger partial charge < -0.3 is 14.7 Å². The van der Waals surface area contributed by atoms with Gasteiger partial charge in [-0.05, 0) is 51.1 Å². The second-order valence-corrected chi connectivity index (χ2v) is 9.36. The van der Waals surface area contributed by atoms with Crippen LogP contribution in [-0.2, 0) is 16.1 Å². The largest absolute Gasteiger partial charge is 0.490 e. The lowest BCUT2D eigenvalue weighted by Gasteiger charge is -2.37. The standard InChI is InChI=1S/C19H26N4OS.C2HF3O2/c1-14-3-6-19(21-20-14)23-9-10-24-18-13-22(8-7-16(18)11-23)12-17-5-4-15(2)25-17;3-2(4,5)1(6)7/h3-6,16,18H,7-13H2,1-2H3;(H,6,7)/t16-,18-;/m1./s1. The first kappa shape index (κ1) is 24.4. The highest BCUT2D eigenvalue weighted by molar-refractivity contribution is 7.11. The van der Waals surface area contributed by atoms with E-state index in [1.807, 2.05) is 24.3 Å². The zero-order valence-electron chi connectivity index (χ0n) is 18.0. The van der Waals surface area contributed by atoms with E-state index in [1.54, 1.807) is 0 Å². The Bertz CT molecular complexity index is 891. The molecular formula is C21H27F3N4O3S. The molecule has 0 aromatic carbocycles. The molecule has 32 heavy (non-hydrogen) atoms. The van der Waals surface area contributed by atoms with Gasteiger partial charge in [0.05, 0.1) is 18.4 Å². The van der Waals surface area contributed by atoms with Gasteiger partial charge in [-0.2, -0.15) is 18.3 Å². The molecule has 0 saturated carbocycles. The van der Waals surface area contributed by atoms with Crippen LogP contribution in [0.15, 0.2) is 24.3 Å². The summed E-state index contributed by atoms with van der Waals surface area (Å²) in [6.45, 7) is 10.1. The number of hydrogen-bond donors (Lipinski definition) is 1. The Morgan fingerprint density at radius 3 is 2.53 bits per heavy atom. The number of halogens is 3. The highest BCUT2D eigenvalue weighted by Gasteiger charge is 2.38. The van der Waals surface area contributed by atoms with Crippen molar-refractivity contribution in [3.63, 3.8) is 0 Å². The van der Waals surface area contributed by atoms with Crippen molar-refractivity contribution < 1.29 is 27.8 Å². The van der Waals surface area contributed by atoms with Crippen molar-refractivity contribution in [1.82, 2.24) is 15.1 Å². The van der Waals surface area contributed by atoms with E-state index < -0.39 is 12.1 Å². The molecule has 0 bridgehead atoms. The molecule has 0 amide bonds. The first-order valence-electron chi connectivity index (χ1n) is 10.4. The summed E-state index contributed by atoms with van der Waals surface area (Å²) < 4.78 is 38.0. The molecule has 4 rings (SSSR count). The third-order valence-electron chi connectivity index (χ3n) is 5.45. The maximum absolute atomic E-state index is 10.6. The summed E-state index contributed by atoms with van der Waals surface area (Å²) in [4.78, 5) is 16.6. The smallest absolute Gasteiger partial charge is 0.475 e. The zero-order chi connectivity index (χ0) is 23.3. The Morgan fingerprint density at radius 2 is 1.94 bits per heavy atom. The highest BCUT2D eigenvalue weighted by Crippen LogP contribution is 2.28. The molecule has 0 aliphatic carbocycles. The monoisotopic (exact) mass is 472 g/mol. The molecule has 2 aliphatic heterocycles. The van der Waals surface area contributed by atoms with Crippen LogP contribution in [0.2, 0.25) is 0 Å². The zero-order valence-corrected chi connectivity index (χ0v) is 18.8. The van der Waals surface area contributed by atoms with Crippen LogP contribution in [0.3, 0.4) is 0 Å². The number of ether oxygens (including phenoxy) is 1. The molecule has 2 fully saturated rings. The van der Waals surface area contributed by atoms with Gasteiger partial charge in [0, 0.05) is 41.9 Å². The lowest BCUT2D eigenvalue weighted by atomic mass is 9.93. The van der Waals surface area contributed by atoms with E-state index in [4.69, 9.17) is 14.6 Å². The van der Waals surface area contributed by atoms with Crippen molar-refractivity contribution in [3.8, 4) is 0 Å². The normalized spacial score (nSPS) is 21.8. The Balaban J connectivity index is 0.000000360. The number of anilines is 1. The second-order valence-electron chi connectivity index (χ2n) is 7.99. The van der Waals surface area contributed by atoms with Gasteiger partial charge in [-0.25, -0.2) is 4.79 Å². The number of aryl methyl sites for hydroxylation is 2. The van der Waals surface area contributed by atoms with E-state index in [0.717, 1.165) is 50.8 Å². The van der Waals surface area contributed by atoms with Crippen molar-refractivity contribution in [2.75, 3.05) is 37.7 Å². The van der Waals surface area contributed by atoms with Crippen LogP contribution in [0.4, 0.5) is 19.0 Å². The number of rotatable bonds is 3. The Hall–Kier alpha value is -2.24. The van der Waals surface area contributed by atoms with Crippen LogP contribution in [0.25, 0.3) is 0 Å².